The summed E-state index contributed by atoms with van der Waals surface area (Å²) in [7, 11) is -1.85. The molecule has 9 nitrogen and oxygen atoms in total. The van der Waals surface area contributed by atoms with Gasteiger partial charge in [0.25, 0.3) is 5.91 Å². The van der Waals surface area contributed by atoms with E-state index in [-0.39, 0.29) is 22.3 Å². The molecule has 4 aromatic rings. The fraction of sp³-hybridized carbons (Fsp3) is 0.441. The highest BCUT2D eigenvalue weighted by atomic mass is 28.4. The van der Waals surface area contributed by atoms with E-state index >= 15 is 0 Å². The fourth-order valence-electron chi connectivity index (χ4n) is 6.82. The van der Waals surface area contributed by atoms with E-state index in [9.17, 15) is 9.18 Å². The molecule has 0 atom stereocenters. The average molecular weight is 629 g/mol. The number of anilines is 2. The minimum atomic E-state index is -1.85. The van der Waals surface area contributed by atoms with Crippen molar-refractivity contribution in [1.82, 2.24) is 24.6 Å². The monoisotopic (exact) mass is 628 g/mol. The number of imidazole rings is 1. The number of aromatic nitrogens is 3. The van der Waals surface area contributed by atoms with Crippen LogP contribution in [0.25, 0.3) is 16.9 Å². The van der Waals surface area contributed by atoms with Crippen LogP contribution in [0.1, 0.15) is 60.8 Å². The zero-order chi connectivity index (χ0) is 31.6. The second kappa shape index (κ2) is 11.0. The molecule has 1 fully saturated rings. The van der Waals surface area contributed by atoms with Crippen LogP contribution in [0.2, 0.25) is 18.1 Å². The van der Waals surface area contributed by atoms with Crippen LogP contribution in [0.15, 0.2) is 48.8 Å². The van der Waals surface area contributed by atoms with Crippen molar-refractivity contribution < 1.29 is 18.3 Å². The summed E-state index contributed by atoms with van der Waals surface area (Å²) in [5.41, 5.74) is 6.61. The summed E-state index contributed by atoms with van der Waals surface area (Å²) in [5, 5.41) is 6.61. The molecule has 0 bridgehead atoms. The number of amides is 1. The van der Waals surface area contributed by atoms with Gasteiger partial charge >= 0.3 is 0 Å². The van der Waals surface area contributed by atoms with Gasteiger partial charge in [0, 0.05) is 57.3 Å². The smallest absolute Gasteiger partial charge is 0.254 e. The van der Waals surface area contributed by atoms with E-state index in [1.54, 1.807) is 12.4 Å². The first-order valence-electron chi connectivity index (χ1n) is 15.8. The Bertz CT molecular complexity index is 1790. The Labute approximate surface area is 264 Å². The van der Waals surface area contributed by atoms with E-state index in [2.05, 4.69) is 60.4 Å². The largest absolute Gasteiger partial charge is 0.416 e. The Hall–Kier alpha value is -3.64. The molecule has 1 spiro atoms. The molecule has 0 saturated carbocycles. The minimum absolute atomic E-state index is 0.102. The van der Waals surface area contributed by atoms with Crippen LogP contribution in [0.4, 0.5) is 15.9 Å². The maximum Gasteiger partial charge on any atom is 0.254 e. The van der Waals surface area contributed by atoms with E-state index in [0.29, 0.717) is 35.9 Å². The summed E-state index contributed by atoms with van der Waals surface area (Å²) in [6.07, 6.45) is 5.25. The molecule has 45 heavy (non-hydrogen) atoms. The predicted molar refractivity (Wildman–Crippen MR) is 175 cm³/mol. The fourth-order valence-corrected chi connectivity index (χ4v) is 7.85. The second-order valence-corrected chi connectivity index (χ2v) is 18.7. The average Bonchev–Trinajstić information content (AvgIpc) is 3.67. The highest BCUT2D eigenvalue weighted by molar-refractivity contribution is 6.74. The van der Waals surface area contributed by atoms with Gasteiger partial charge in [-0.05, 0) is 60.3 Å². The van der Waals surface area contributed by atoms with Gasteiger partial charge in [0.15, 0.2) is 8.32 Å². The number of ether oxygens (including phenoxy) is 1. The molecular formula is C34H41FN6O3Si. The lowest BCUT2D eigenvalue weighted by Crippen LogP contribution is -2.48. The van der Waals surface area contributed by atoms with Crippen LogP contribution >= 0.6 is 0 Å². The molecular weight excluding hydrogens is 587 g/mol. The zero-order valence-corrected chi connectivity index (χ0v) is 27.7. The maximum absolute atomic E-state index is 13.8. The van der Waals surface area contributed by atoms with Gasteiger partial charge in [-0.1, -0.05) is 32.9 Å². The van der Waals surface area contributed by atoms with Crippen molar-refractivity contribution in [1.29, 1.82) is 0 Å². The first-order valence-corrected chi connectivity index (χ1v) is 18.7. The Balaban J connectivity index is 1.16. The van der Waals surface area contributed by atoms with Crippen LogP contribution < -0.4 is 10.6 Å². The summed E-state index contributed by atoms with van der Waals surface area (Å²) in [4.78, 5) is 25.1. The van der Waals surface area contributed by atoms with Crippen LogP contribution in [0.5, 0.6) is 0 Å². The molecule has 6 heterocycles. The Morgan fingerprint density at radius 1 is 1.16 bits per heavy atom. The summed E-state index contributed by atoms with van der Waals surface area (Å²) in [5.74, 6) is 0.230. The first-order chi connectivity index (χ1) is 21.5. The normalized spacial score (nSPS) is 18.0. The third-order valence-corrected chi connectivity index (χ3v) is 14.9. The number of carbonyl (C=O) groups excluding carboxylic acids is 1. The summed E-state index contributed by atoms with van der Waals surface area (Å²) < 4.78 is 28.0. The van der Waals surface area contributed by atoms with Crippen molar-refractivity contribution in [2.75, 3.05) is 31.7 Å². The molecule has 0 aliphatic carbocycles. The standard InChI is InChI=1S/C34H41FN6O3Si/c1-33(2,3)45(4,5)44-17-14-40-21-27-25(34(40)11-15-43-16-12-34)7-9-29(39-27)38-26-8-6-23(24-19-37-32(42)31(24)26)28-20-36-30-18-22(35)10-13-41(28)30/h6-10,13,18,20H,11-12,14-17,19,21H2,1-5H3,(H,37,42)(H,38,39). The third kappa shape index (κ3) is 5.15. The lowest BCUT2D eigenvalue weighted by atomic mass is 9.83. The van der Waals surface area contributed by atoms with Crippen molar-refractivity contribution in [3.05, 3.63) is 77.0 Å². The van der Waals surface area contributed by atoms with Gasteiger partial charge in [-0.15, -0.1) is 0 Å². The quantitative estimate of drug-likeness (QED) is 0.230. The van der Waals surface area contributed by atoms with E-state index in [0.717, 1.165) is 61.7 Å². The first kappa shape index (κ1) is 30.0. The minimum Gasteiger partial charge on any atom is -0.416 e. The molecule has 3 aliphatic rings. The van der Waals surface area contributed by atoms with Crippen LogP contribution in [0, 0.1) is 5.82 Å². The predicted octanol–water partition coefficient (Wildman–Crippen LogP) is 6.37. The van der Waals surface area contributed by atoms with Gasteiger partial charge in [-0.3, -0.25) is 14.1 Å². The number of halogens is 1. The molecule has 3 aliphatic heterocycles. The van der Waals surface area contributed by atoms with E-state index < -0.39 is 8.32 Å². The lowest BCUT2D eigenvalue weighted by Gasteiger charge is -2.43. The number of carbonyl (C=O) groups is 1. The van der Waals surface area contributed by atoms with Crippen molar-refractivity contribution in [2.45, 2.75) is 70.4 Å². The maximum atomic E-state index is 13.8. The summed E-state index contributed by atoms with van der Waals surface area (Å²) >= 11 is 0. The van der Waals surface area contributed by atoms with Gasteiger partial charge in [0.05, 0.1) is 34.4 Å². The number of fused-ring (bicyclic) bond motifs is 4. The molecule has 2 N–H and O–H groups in total. The van der Waals surface area contributed by atoms with E-state index in [1.807, 2.05) is 22.6 Å². The number of rotatable bonds is 7. The number of nitrogens with one attached hydrogen (secondary N) is 2. The Morgan fingerprint density at radius 2 is 1.96 bits per heavy atom. The number of hydrogen-bond acceptors (Lipinski definition) is 7. The number of nitrogens with zero attached hydrogens (tertiary/aromatic N) is 4. The lowest BCUT2D eigenvalue weighted by molar-refractivity contribution is -0.0295. The highest BCUT2D eigenvalue weighted by Gasteiger charge is 2.47. The number of benzene rings is 1. The Kier molecular flexibility index (Phi) is 7.35. The van der Waals surface area contributed by atoms with Gasteiger partial charge in [0.2, 0.25) is 0 Å². The number of hydrogen-bond donors (Lipinski definition) is 2. The van der Waals surface area contributed by atoms with Gasteiger partial charge in [-0.25, -0.2) is 14.4 Å². The summed E-state index contributed by atoms with van der Waals surface area (Å²) in [6, 6.07) is 10.9. The zero-order valence-electron chi connectivity index (χ0n) is 26.7. The highest BCUT2D eigenvalue weighted by Crippen LogP contribution is 2.46. The SMILES string of the molecule is CC(C)(C)[Si](C)(C)OCCN1Cc2nc(Nc3ccc(-c4cnc5cc(F)ccn45)c4c3C(=O)NC4)ccc2C12CCOCC2. The van der Waals surface area contributed by atoms with E-state index in [1.165, 1.54) is 17.7 Å². The second-order valence-electron chi connectivity index (χ2n) is 13.9. The van der Waals surface area contributed by atoms with Crippen LogP contribution in [-0.4, -0.2) is 59.9 Å². The van der Waals surface area contributed by atoms with Crippen molar-refractivity contribution in [3.63, 3.8) is 0 Å². The van der Waals surface area contributed by atoms with Gasteiger partial charge in [-0.2, -0.15) is 0 Å². The van der Waals surface area contributed by atoms with Gasteiger partial charge in [0.1, 0.15) is 17.3 Å². The molecule has 0 unspecified atom stereocenters. The number of pyridine rings is 2. The molecule has 1 amide bonds. The summed E-state index contributed by atoms with van der Waals surface area (Å²) in [6.45, 7) is 15.6. The molecule has 1 saturated heterocycles. The van der Waals surface area contributed by atoms with Crippen LogP contribution in [0.3, 0.4) is 0 Å². The molecule has 3 aromatic heterocycles. The Morgan fingerprint density at radius 3 is 2.73 bits per heavy atom. The van der Waals surface area contributed by atoms with Gasteiger partial charge < -0.3 is 19.8 Å². The molecule has 0 radical (unpaired) electrons. The van der Waals surface area contributed by atoms with Crippen LogP contribution in [-0.2, 0) is 27.8 Å². The van der Waals surface area contributed by atoms with E-state index in [4.69, 9.17) is 14.1 Å². The third-order valence-electron chi connectivity index (χ3n) is 10.4. The molecule has 236 valence electrons. The van der Waals surface area contributed by atoms with Crippen molar-refractivity contribution >= 4 is 31.4 Å². The molecule has 11 heteroatoms. The molecule has 7 rings (SSSR count). The van der Waals surface area contributed by atoms with Crippen molar-refractivity contribution in [2.24, 2.45) is 0 Å². The molecule has 1 aromatic carbocycles. The van der Waals surface area contributed by atoms with Crippen molar-refractivity contribution in [3.8, 4) is 11.3 Å². The topological polar surface area (TPSA) is 93.0 Å².